The molecule has 8 nitrogen and oxygen atoms in total. The lowest BCUT2D eigenvalue weighted by molar-refractivity contribution is -0.277. The summed E-state index contributed by atoms with van der Waals surface area (Å²) in [5.74, 6) is 0.0241. The first-order valence-corrected chi connectivity index (χ1v) is 13.6. The molecule has 1 saturated heterocycles. The summed E-state index contributed by atoms with van der Waals surface area (Å²) in [5.41, 5.74) is 4.92. The zero-order valence-corrected chi connectivity index (χ0v) is 23.9. The topological polar surface area (TPSA) is 126 Å². The Morgan fingerprint density at radius 1 is 1.02 bits per heavy atom. The average Bonchev–Trinajstić information content (AvgIpc) is 2.89. The molecule has 2 aliphatic rings. The van der Waals surface area contributed by atoms with Gasteiger partial charge in [-0.25, -0.2) is 4.79 Å². The van der Waals surface area contributed by atoms with Crippen LogP contribution in [0.5, 0.6) is 11.5 Å². The van der Waals surface area contributed by atoms with E-state index in [1.807, 2.05) is 32.1 Å². The highest BCUT2D eigenvalue weighted by Gasteiger charge is 2.44. The molecule has 40 heavy (non-hydrogen) atoms. The van der Waals surface area contributed by atoms with Crippen LogP contribution in [-0.4, -0.2) is 63.7 Å². The minimum Gasteiger partial charge on any atom is -0.462 e. The van der Waals surface area contributed by atoms with Gasteiger partial charge in [-0.1, -0.05) is 55.4 Å². The van der Waals surface area contributed by atoms with Crippen molar-refractivity contribution in [1.82, 2.24) is 0 Å². The first-order valence-electron chi connectivity index (χ1n) is 13.6. The Kier molecular flexibility index (Phi) is 11.1. The zero-order valence-electron chi connectivity index (χ0n) is 23.9. The molecule has 0 bridgehead atoms. The van der Waals surface area contributed by atoms with E-state index in [1.165, 1.54) is 54.3 Å². The molecule has 0 saturated carbocycles. The first kappa shape index (κ1) is 31.5. The number of benzene rings is 1. The maximum absolute atomic E-state index is 12.3. The van der Waals surface area contributed by atoms with Gasteiger partial charge >= 0.3 is 5.97 Å². The van der Waals surface area contributed by atoms with Crippen LogP contribution in [0.3, 0.4) is 0 Å². The number of ether oxygens (including phenoxy) is 3. The number of hydrogen-bond acceptors (Lipinski definition) is 8. The molecule has 5 atom stereocenters. The third-order valence-electron chi connectivity index (χ3n) is 7.26. The van der Waals surface area contributed by atoms with E-state index in [2.05, 4.69) is 32.9 Å². The zero-order chi connectivity index (χ0) is 29.4. The van der Waals surface area contributed by atoms with Gasteiger partial charge in [0.05, 0.1) is 6.61 Å². The van der Waals surface area contributed by atoms with Gasteiger partial charge in [-0.2, -0.15) is 0 Å². The molecule has 0 amide bonds. The Balaban J connectivity index is 1.53. The van der Waals surface area contributed by atoms with E-state index in [0.29, 0.717) is 0 Å². The van der Waals surface area contributed by atoms with Gasteiger partial charge in [0.15, 0.2) is 0 Å². The highest BCUT2D eigenvalue weighted by Crippen LogP contribution is 2.40. The molecule has 1 aromatic rings. The summed E-state index contributed by atoms with van der Waals surface area (Å²) in [5, 5.41) is 39.2. The van der Waals surface area contributed by atoms with E-state index in [0.717, 1.165) is 17.6 Å². The predicted octanol–water partition coefficient (Wildman–Crippen LogP) is 4.30. The molecule has 1 heterocycles. The third kappa shape index (κ3) is 8.49. The van der Waals surface area contributed by atoms with Gasteiger partial charge in [-0.3, -0.25) is 0 Å². The Labute approximate surface area is 236 Å². The van der Waals surface area contributed by atoms with E-state index < -0.39 is 43.3 Å². The molecule has 1 aromatic carbocycles. The normalized spacial score (nSPS) is 27.9. The summed E-state index contributed by atoms with van der Waals surface area (Å²) < 4.78 is 16.2. The van der Waals surface area contributed by atoms with Crippen molar-refractivity contribution < 1.29 is 39.4 Å². The maximum atomic E-state index is 12.3. The molecule has 0 aromatic heterocycles. The smallest absolute Gasteiger partial charge is 0.336 e. The Morgan fingerprint density at radius 2 is 1.70 bits per heavy atom. The molecule has 1 aliphatic carbocycles. The highest BCUT2D eigenvalue weighted by atomic mass is 16.7. The van der Waals surface area contributed by atoms with Gasteiger partial charge in [0.1, 0.15) is 35.9 Å². The molecular weight excluding hydrogens is 512 g/mol. The van der Waals surface area contributed by atoms with E-state index in [-0.39, 0.29) is 16.9 Å². The minimum atomic E-state index is -1.54. The third-order valence-corrected chi connectivity index (χ3v) is 7.26. The second kappa shape index (κ2) is 14.1. The largest absolute Gasteiger partial charge is 0.462 e. The fourth-order valence-corrected chi connectivity index (χ4v) is 4.90. The molecule has 218 valence electrons. The van der Waals surface area contributed by atoms with Crippen LogP contribution in [0.15, 0.2) is 83.0 Å². The van der Waals surface area contributed by atoms with Crippen LogP contribution in [-0.2, 0) is 9.53 Å². The lowest BCUT2D eigenvalue weighted by Gasteiger charge is -2.39. The van der Waals surface area contributed by atoms with E-state index in [1.54, 1.807) is 0 Å². The van der Waals surface area contributed by atoms with Crippen molar-refractivity contribution in [1.29, 1.82) is 0 Å². The number of aliphatic hydroxyl groups is 4. The van der Waals surface area contributed by atoms with Gasteiger partial charge in [0, 0.05) is 6.08 Å². The van der Waals surface area contributed by atoms with Crippen LogP contribution in [0.1, 0.15) is 53.9 Å². The Bertz CT molecular complexity index is 1170. The predicted molar refractivity (Wildman–Crippen MR) is 153 cm³/mol. The van der Waals surface area contributed by atoms with Gasteiger partial charge < -0.3 is 34.6 Å². The maximum Gasteiger partial charge on any atom is 0.336 e. The molecule has 0 radical (unpaired) electrons. The number of allylic oxidation sites excluding steroid dienone is 9. The lowest BCUT2D eigenvalue weighted by atomic mass is 9.72. The molecule has 8 heteroatoms. The number of rotatable bonds is 9. The fraction of sp³-hybridized carbons (Fsp3) is 0.469. The van der Waals surface area contributed by atoms with Crippen LogP contribution in [0.2, 0.25) is 0 Å². The van der Waals surface area contributed by atoms with Gasteiger partial charge in [0.25, 0.3) is 0 Å². The number of hydrogen-bond donors (Lipinski definition) is 4. The van der Waals surface area contributed by atoms with Crippen molar-refractivity contribution in [3.8, 4) is 11.5 Å². The summed E-state index contributed by atoms with van der Waals surface area (Å²) in [6.07, 6.45) is 8.21. The lowest BCUT2D eigenvalue weighted by Crippen LogP contribution is -2.60. The van der Waals surface area contributed by atoms with Crippen LogP contribution in [0, 0.1) is 5.41 Å². The molecule has 4 N–H and O–H groups in total. The van der Waals surface area contributed by atoms with Crippen molar-refractivity contribution in [2.75, 3.05) is 6.61 Å². The van der Waals surface area contributed by atoms with Crippen molar-refractivity contribution in [3.63, 3.8) is 0 Å². The molecule has 1 fully saturated rings. The van der Waals surface area contributed by atoms with Crippen LogP contribution < -0.4 is 9.47 Å². The summed E-state index contributed by atoms with van der Waals surface area (Å²) in [6.45, 7) is 10.1. The molecule has 0 unspecified atom stereocenters. The number of aliphatic hydroxyl groups excluding tert-OH is 4. The van der Waals surface area contributed by atoms with Crippen molar-refractivity contribution in [2.45, 2.75) is 84.6 Å². The van der Waals surface area contributed by atoms with Crippen molar-refractivity contribution in [3.05, 3.63) is 83.0 Å². The van der Waals surface area contributed by atoms with Gasteiger partial charge in [0.2, 0.25) is 6.29 Å². The standard InChI is InChI=1S/C32H42O8/c1-20(11-16-25-22(3)10-7-17-32(25,4)5)8-6-9-21(2)18-27(34)38-23-12-14-24(15-13-23)39-31-30(37)29(36)28(35)26(19-33)40-31/h6,8-9,11-16,18,26,28-31,33,35-37H,7,10,17,19H2,1-5H3/b9-6+,16-11+,20-8+,21-18+/t26-,28-,29+,30-,31-/m1/s1. The van der Waals surface area contributed by atoms with Crippen LogP contribution >= 0.6 is 0 Å². The first-order chi connectivity index (χ1) is 18.9. The van der Waals surface area contributed by atoms with Crippen LogP contribution in [0.4, 0.5) is 0 Å². The minimum absolute atomic E-state index is 0.201. The SMILES string of the molecule is CC1=C(/C=C/C(C)=C/C=C/C(C)=C/C(=O)Oc2ccc(O[C@@H]3O[C@H](CO)[C@@H](O)[C@H](O)[C@H]3O)cc2)C(C)(C)CCC1. The van der Waals surface area contributed by atoms with Gasteiger partial charge in [-0.05, 0) is 80.9 Å². The van der Waals surface area contributed by atoms with Crippen LogP contribution in [0.25, 0.3) is 0 Å². The summed E-state index contributed by atoms with van der Waals surface area (Å²) >= 11 is 0. The molecule has 0 spiro atoms. The monoisotopic (exact) mass is 554 g/mol. The Morgan fingerprint density at radius 3 is 2.35 bits per heavy atom. The fourth-order valence-electron chi connectivity index (χ4n) is 4.90. The quantitative estimate of drug-likeness (QED) is 0.154. The molecular formula is C32H42O8. The second-order valence-electron chi connectivity index (χ2n) is 11.1. The number of carbonyl (C=O) groups excluding carboxylic acids is 1. The van der Waals surface area contributed by atoms with Crippen molar-refractivity contribution in [2.24, 2.45) is 5.41 Å². The van der Waals surface area contributed by atoms with E-state index in [4.69, 9.17) is 14.2 Å². The number of esters is 1. The summed E-state index contributed by atoms with van der Waals surface area (Å²) in [4.78, 5) is 12.3. The Hall–Kier alpha value is -3.01. The van der Waals surface area contributed by atoms with E-state index in [9.17, 15) is 25.2 Å². The molecule has 3 rings (SSSR count). The van der Waals surface area contributed by atoms with Gasteiger partial charge in [-0.15, -0.1) is 0 Å². The summed E-state index contributed by atoms with van der Waals surface area (Å²) in [7, 11) is 0. The average molecular weight is 555 g/mol. The highest BCUT2D eigenvalue weighted by molar-refractivity contribution is 5.85. The van der Waals surface area contributed by atoms with E-state index >= 15 is 0 Å². The number of carbonyl (C=O) groups is 1. The summed E-state index contributed by atoms with van der Waals surface area (Å²) in [6, 6.07) is 6.04. The van der Waals surface area contributed by atoms with Crippen molar-refractivity contribution >= 4 is 5.97 Å². The second-order valence-corrected chi connectivity index (χ2v) is 11.1. The molecule has 1 aliphatic heterocycles.